The van der Waals surface area contributed by atoms with Gasteiger partial charge in [-0.15, -0.1) is 0 Å². The minimum Gasteiger partial charge on any atom is -0.493 e. The SMILES string of the molecule is Cn1cc(C(=O)N2CCCC2c2cc(CCOc3cccc(F)c3)[nH]n2)ccc1=O. The lowest BCUT2D eigenvalue weighted by Crippen LogP contribution is -2.31. The number of amides is 1. The summed E-state index contributed by atoms with van der Waals surface area (Å²) in [4.78, 5) is 26.4. The Bertz CT molecular complexity index is 1110. The molecule has 0 aliphatic carbocycles. The zero-order valence-corrected chi connectivity index (χ0v) is 16.7. The van der Waals surface area contributed by atoms with Crippen molar-refractivity contribution in [3.63, 3.8) is 0 Å². The Kier molecular flexibility index (Phi) is 5.65. The molecule has 7 nitrogen and oxygen atoms in total. The molecular weight excluding hydrogens is 387 g/mol. The van der Waals surface area contributed by atoms with Gasteiger partial charge in [0.15, 0.2) is 0 Å². The van der Waals surface area contributed by atoms with E-state index in [9.17, 15) is 14.0 Å². The van der Waals surface area contributed by atoms with E-state index in [0.717, 1.165) is 24.2 Å². The number of hydrogen-bond acceptors (Lipinski definition) is 4. The molecule has 1 N–H and O–H groups in total. The summed E-state index contributed by atoms with van der Waals surface area (Å²) in [7, 11) is 1.63. The molecule has 0 radical (unpaired) electrons. The summed E-state index contributed by atoms with van der Waals surface area (Å²) in [6, 6.07) is 10.9. The van der Waals surface area contributed by atoms with Gasteiger partial charge in [0, 0.05) is 44.0 Å². The predicted octanol–water partition coefficient (Wildman–Crippen LogP) is 2.85. The zero-order valence-electron chi connectivity index (χ0n) is 16.7. The zero-order chi connectivity index (χ0) is 21.1. The number of rotatable bonds is 6. The third-order valence-corrected chi connectivity index (χ3v) is 5.27. The number of hydrogen-bond donors (Lipinski definition) is 1. The summed E-state index contributed by atoms with van der Waals surface area (Å²) in [5, 5.41) is 7.41. The van der Waals surface area contributed by atoms with Crippen LogP contribution in [0.4, 0.5) is 4.39 Å². The van der Waals surface area contributed by atoms with Gasteiger partial charge in [-0.25, -0.2) is 4.39 Å². The highest BCUT2D eigenvalue weighted by Gasteiger charge is 2.32. The van der Waals surface area contributed by atoms with Crippen LogP contribution >= 0.6 is 0 Å². The fourth-order valence-electron chi connectivity index (χ4n) is 3.72. The molecule has 1 saturated heterocycles. The molecule has 8 heteroatoms. The van der Waals surface area contributed by atoms with Gasteiger partial charge < -0.3 is 14.2 Å². The van der Waals surface area contributed by atoms with Gasteiger partial charge in [0.05, 0.1) is 23.9 Å². The van der Waals surface area contributed by atoms with Crippen molar-refractivity contribution in [1.29, 1.82) is 0 Å². The van der Waals surface area contributed by atoms with Crippen molar-refractivity contribution in [2.24, 2.45) is 7.05 Å². The lowest BCUT2D eigenvalue weighted by atomic mass is 10.1. The maximum atomic E-state index is 13.2. The van der Waals surface area contributed by atoms with Crippen LogP contribution in [-0.4, -0.2) is 38.7 Å². The minimum absolute atomic E-state index is 0.105. The van der Waals surface area contributed by atoms with Gasteiger partial charge in [-0.05, 0) is 37.1 Å². The highest BCUT2D eigenvalue weighted by atomic mass is 19.1. The van der Waals surface area contributed by atoms with Crippen LogP contribution in [0.5, 0.6) is 5.75 Å². The molecular formula is C22H23FN4O3. The molecule has 2 aromatic heterocycles. The maximum Gasteiger partial charge on any atom is 0.255 e. The maximum absolute atomic E-state index is 13.2. The molecule has 1 aliphatic rings. The summed E-state index contributed by atoms with van der Waals surface area (Å²) in [5.41, 5.74) is 2.04. The van der Waals surface area contributed by atoms with Crippen LogP contribution in [0.25, 0.3) is 0 Å². The first-order chi connectivity index (χ1) is 14.5. The second-order valence-electron chi connectivity index (χ2n) is 7.40. The molecule has 4 rings (SSSR count). The second kappa shape index (κ2) is 8.52. The standard InChI is InChI=1S/C22H23FN4O3/c1-26-14-15(7-8-21(26)28)22(29)27-10-3-6-20(27)19-13-17(24-25-19)9-11-30-18-5-2-4-16(23)12-18/h2,4-5,7-8,12-14,20H,3,6,9-11H2,1H3,(H,24,25). The smallest absolute Gasteiger partial charge is 0.255 e. The highest BCUT2D eigenvalue weighted by Crippen LogP contribution is 2.32. The number of nitrogens with one attached hydrogen (secondary N) is 1. The summed E-state index contributed by atoms with van der Waals surface area (Å²) in [6.07, 6.45) is 3.89. The molecule has 3 heterocycles. The van der Waals surface area contributed by atoms with Gasteiger partial charge in [-0.1, -0.05) is 6.07 Å². The van der Waals surface area contributed by atoms with E-state index in [2.05, 4.69) is 10.2 Å². The average molecular weight is 410 g/mol. The van der Waals surface area contributed by atoms with Crippen molar-refractivity contribution in [2.45, 2.75) is 25.3 Å². The number of carbonyl (C=O) groups excluding carboxylic acids is 1. The summed E-state index contributed by atoms with van der Waals surface area (Å²) in [6.45, 7) is 1.04. The van der Waals surface area contributed by atoms with Crippen molar-refractivity contribution >= 4 is 5.91 Å². The van der Waals surface area contributed by atoms with Gasteiger partial charge in [-0.2, -0.15) is 5.10 Å². The van der Waals surface area contributed by atoms with Crippen molar-refractivity contribution < 1.29 is 13.9 Å². The summed E-state index contributed by atoms with van der Waals surface area (Å²) in [5.74, 6) is 0.0486. The Morgan fingerprint density at radius 1 is 1.30 bits per heavy atom. The van der Waals surface area contributed by atoms with Gasteiger partial charge in [0.2, 0.25) is 5.56 Å². The number of aromatic amines is 1. The van der Waals surface area contributed by atoms with Crippen LogP contribution in [0.2, 0.25) is 0 Å². The lowest BCUT2D eigenvalue weighted by molar-refractivity contribution is 0.0732. The quantitative estimate of drug-likeness (QED) is 0.678. The third kappa shape index (κ3) is 4.27. The first-order valence-electron chi connectivity index (χ1n) is 9.91. The molecule has 0 saturated carbocycles. The van der Waals surface area contributed by atoms with E-state index in [0.29, 0.717) is 30.9 Å². The fourth-order valence-corrected chi connectivity index (χ4v) is 3.72. The molecule has 1 unspecified atom stereocenters. The molecule has 30 heavy (non-hydrogen) atoms. The number of halogens is 1. The average Bonchev–Trinajstić information content (AvgIpc) is 3.39. The van der Waals surface area contributed by atoms with Crippen molar-refractivity contribution in [3.8, 4) is 5.75 Å². The number of likely N-dealkylation sites (tertiary alicyclic amines) is 1. The lowest BCUT2D eigenvalue weighted by Gasteiger charge is -2.23. The Balaban J connectivity index is 1.41. The third-order valence-electron chi connectivity index (χ3n) is 5.27. The Labute approximate surface area is 173 Å². The number of aryl methyl sites for hydroxylation is 1. The Morgan fingerprint density at radius 2 is 2.17 bits per heavy atom. The number of carbonyl (C=O) groups is 1. The van der Waals surface area contributed by atoms with Gasteiger partial charge >= 0.3 is 0 Å². The van der Waals surface area contributed by atoms with Crippen LogP contribution in [0.15, 0.2) is 53.5 Å². The van der Waals surface area contributed by atoms with E-state index in [-0.39, 0.29) is 23.3 Å². The molecule has 3 aromatic rings. The monoisotopic (exact) mass is 410 g/mol. The topological polar surface area (TPSA) is 80.2 Å². The van der Waals surface area contributed by atoms with Gasteiger partial charge in [0.1, 0.15) is 11.6 Å². The Hall–Kier alpha value is -3.42. The summed E-state index contributed by atoms with van der Waals surface area (Å²) >= 11 is 0. The number of ether oxygens (including phenoxy) is 1. The van der Waals surface area contributed by atoms with E-state index in [1.807, 2.05) is 11.0 Å². The molecule has 1 aliphatic heterocycles. The van der Waals surface area contributed by atoms with E-state index in [1.165, 1.54) is 22.8 Å². The minimum atomic E-state index is -0.333. The van der Waals surface area contributed by atoms with Crippen molar-refractivity contribution in [1.82, 2.24) is 19.7 Å². The number of benzene rings is 1. The highest BCUT2D eigenvalue weighted by molar-refractivity contribution is 5.94. The number of nitrogens with zero attached hydrogens (tertiary/aromatic N) is 3. The molecule has 1 amide bonds. The number of pyridine rings is 1. The van der Waals surface area contributed by atoms with Crippen molar-refractivity contribution in [2.75, 3.05) is 13.2 Å². The first-order valence-corrected chi connectivity index (χ1v) is 9.91. The van der Waals surface area contributed by atoms with Crippen LogP contribution in [0, 0.1) is 5.82 Å². The summed E-state index contributed by atoms with van der Waals surface area (Å²) < 4.78 is 20.2. The van der Waals surface area contributed by atoms with Crippen LogP contribution in [0.1, 0.15) is 40.6 Å². The largest absolute Gasteiger partial charge is 0.493 e. The van der Waals surface area contributed by atoms with E-state index < -0.39 is 0 Å². The van der Waals surface area contributed by atoms with Gasteiger partial charge in [-0.3, -0.25) is 14.7 Å². The molecule has 1 fully saturated rings. The predicted molar refractivity (Wildman–Crippen MR) is 109 cm³/mol. The molecule has 1 aromatic carbocycles. The normalized spacial score (nSPS) is 16.1. The number of aromatic nitrogens is 3. The van der Waals surface area contributed by atoms with Crippen LogP contribution in [0.3, 0.4) is 0 Å². The van der Waals surface area contributed by atoms with Crippen LogP contribution < -0.4 is 10.3 Å². The molecule has 0 bridgehead atoms. The van der Waals surface area contributed by atoms with E-state index in [4.69, 9.17) is 4.74 Å². The molecule has 156 valence electrons. The Morgan fingerprint density at radius 3 is 2.97 bits per heavy atom. The van der Waals surface area contributed by atoms with Crippen LogP contribution in [-0.2, 0) is 13.5 Å². The van der Waals surface area contributed by atoms with E-state index in [1.54, 1.807) is 31.4 Å². The molecule has 1 atom stereocenters. The van der Waals surface area contributed by atoms with Gasteiger partial charge in [0.25, 0.3) is 5.91 Å². The molecule has 0 spiro atoms. The first kappa shape index (κ1) is 19.9. The number of H-pyrrole nitrogens is 1. The van der Waals surface area contributed by atoms with E-state index >= 15 is 0 Å². The second-order valence-corrected chi connectivity index (χ2v) is 7.40. The fraction of sp³-hybridized carbons (Fsp3) is 0.318. The van der Waals surface area contributed by atoms with Crippen molar-refractivity contribution in [3.05, 3.63) is 81.8 Å².